The second-order valence-corrected chi connectivity index (χ2v) is 5.74. The molecule has 20 heavy (non-hydrogen) atoms. The van der Waals surface area contributed by atoms with Gasteiger partial charge in [0.1, 0.15) is 12.4 Å². The molecule has 0 atom stereocenters. The van der Waals surface area contributed by atoms with Gasteiger partial charge in [0.25, 0.3) is 0 Å². The standard InChI is InChI=1S/C17H29NO2/c1-13(2)17-7-6-16(12-15(17)5)20-11-10-19-9-8-18-14(3)4/h6-7,12-14,18H,8-11H2,1-5H3. The molecule has 0 bridgehead atoms. The van der Waals surface area contributed by atoms with Crippen molar-refractivity contribution in [1.29, 1.82) is 0 Å². The fourth-order valence-corrected chi connectivity index (χ4v) is 2.13. The Bertz CT molecular complexity index is 389. The molecular weight excluding hydrogens is 250 g/mol. The third kappa shape index (κ3) is 6.40. The Hall–Kier alpha value is -1.06. The number of rotatable bonds is 9. The van der Waals surface area contributed by atoms with E-state index in [4.69, 9.17) is 9.47 Å². The first kappa shape index (κ1) is 17.0. The highest BCUT2D eigenvalue weighted by Crippen LogP contribution is 2.23. The number of nitrogens with one attached hydrogen (secondary N) is 1. The average Bonchev–Trinajstić information content (AvgIpc) is 2.37. The monoisotopic (exact) mass is 279 g/mol. The minimum atomic E-state index is 0.511. The van der Waals surface area contributed by atoms with Crippen molar-refractivity contribution < 1.29 is 9.47 Å². The zero-order valence-corrected chi connectivity index (χ0v) is 13.5. The normalized spacial score (nSPS) is 11.3. The summed E-state index contributed by atoms with van der Waals surface area (Å²) in [6.07, 6.45) is 0. The quantitative estimate of drug-likeness (QED) is 0.702. The van der Waals surface area contributed by atoms with Crippen LogP contribution in [0.5, 0.6) is 5.75 Å². The van der Waals surface area contributed by atoms with E-state index in [9.17, 15) is 0 Å². The van der Waals surface area contributed by atoms with Crippen molar-refractivity contribution in [2.75, 3.05) is 26.4 Å². The van der Waals surface area contributed by atoms with Gasteiger partial charge in [-0.3, -0.25) is 0 Å². The van der Waals surface area contributed by atoms with Crippen LogP contribution in [-0.4, -0.2) is 32.4 Å². The molecule has 0 fully saturated rings. The number of hydrogen-bond donors (Lipinski definition) is 1. The molecule has 114 valence electrons. The maximum Gasteiger partial charge on any atom is 0.119 e. The summed E-state index contributed by atoms with van der Waals surface area (Å²) in [6.45, 7) is 13.7. The van der Waals surface area contributed by atoms with Crippen molar-refractivity contribution in [2.45, 2.75) is 46.6 Å². The second-order valence-electron chi connectivity index (χ2n) is 5.74. The Morgan fingerprint density at radius 2 is 1.80 bits per heavy atom. The Kier molecular flexibility index (Phi) is 7.63. The average molecular weight is 279 g/mol. The molecule has 1 aromatic carbocycles. The first-order chi connectivity index (χ1) is 9.50. The molecular formula is C17H29NO2. The van der Waals surface area contributed by atoms with Crippen molar-refractivity contribution in [3.63, 3.8) is 0 Å². The van der Waals surface area contributed by atoms with Gasteiger partial charge in [-0.05, 0) is 36.1 Å². The van der Waals surface area contributed by atoms with E-state index in [-0.39, 0.29) is 0 Å². The molecule has 0 aliphatic heterocycles. The van der Waals surface area contributed by atoms with Gasteiger partial charge in [0, 0.05) is 12.6 Å². The van der Waals surface area contributed by atoms with E-state index in [0.717, 1.165) is 18.9 Å². The fraction of sp³-hybridized carbons (Fsp3) is 0.647. The van der Waals surface area contributed by atoms with E-state index in [0.29, 0.717) is 25.2 Å². The van der Waals surface area contributed by atoms with Crippen molar-refractivity contribution in [3.05, 3.63) is 29.3 Å². The summed E-state index contributed by atoms with van der Waals surface area (Å²) >= 11 is 0. The van der Waals surface area contributed by atoms with Crippen LogP contribution in [0.25, 0.3) is 0 Å². The third-order valence-electron chi connectivity index (χ3n) is 3.16. The van der Waals surface area contributed by atoms with E-state index in [1.807, 2.05) is 6.07 Å². The van der Waals surface area contributed by atoms with Crippen LogP contribution < -0.4 is 10.1 Å². The Morgan fingerprint density at radius 1 is 1.05 bits per heavy atom. The minimum Gasteiger partial charge on any atom is -0.491 e. The first-order valence-electron chi connectivity index (χ1n) is 7.55. The molecule has 1 N–H and O–H groups in total. The SMILES string of the molecule is Cc1cc(OCCOCCNC(C)C)ccc1C(C)C. The van der Waals surface area contributed by atoms with Gasteiger partial charge in [-0.2, -0.15) is 0 Å². The van der Waals surface area contributed by atoms with Crippen LogP contribution in [0.1, 0.15) is 44.7 Å². The van der Waals surface area contributed by atoms with Crippen LogP contribution in [0, 0.1) is 6.92 Å². The summed E-state index contributed by atoms with van der Waals surface area (Å²) in [7, 11) is 0. The number of benzene rings is 1. The van der Waals surface area contributed by atoms with Gasteiger partial charge >= 0.3 is 0 Å². The van der Waals surface area contributed by atoms with Crippen molar-refractivity contribution in [1.82, 2.24) is 5.32 Å². The molecule has 0 spiro atoms. The summed E-state index contributed by atoms with van der Waals surface area (Å²) in [4.78, 5) is 0. The molecule has 0 amide bonds. The lowest BCUT2D eigenvalue weighted by Crippen LogP contribution is -2.27. The second kappa shape index (κ2) is 8.98. The van der Waals surface area contributed by atoms with Crippen LogP contribution in [0.4, 0.5) is 0 Å². The molecule has 3 heteroatoms. The smallest absolute Gasteiger partial charge is 0.119 e. The van der Waals surface area contributed by atoms with Crippen LogP contribution in [0.3, 0.4) is 0 Å². The number of ether oxygens (including phenoxy) is 2. The topological polar surface area (TPSA) is 30.5 Å². The summed E-state index contributed by atoms with van der Waals surface area (Å²) < 4.78 is 11.2. The van der Waals surface area contributed by atoms with Crippen LogP contribution in [0.15, 0.2) is 18.2 Å². The van der Waals surface area contributed by atoms with Gasteiger partial charge in [-0.15, -0.1) is 0 Å². The van der Waals surface area contributed by atoms with Crippen LogP contribution in [0.2, 0.25) is 0 Å². The zero-order chi connectivity index (χ0) is 15.0. The molecule has 0 aromatic heterocycles. The molecule has 0 radical (unpaired) electrons. The number of hydrogen-bond acceptors (Lipinski definition) is 3. The summed E-state index contributed by atoms with van der Waals surface area (Å²) in [5.74, 6) is 1.48. The Morgan fingerprint density at radius 3 is 2.40 bits per heavy atom. The molecule has 1 aromatic rings. The van der Waals surface area contributed by atoms with Crippen LogP contribution in [-0.2, 0) is 4.74 Å². The molecule has 3 nitrogen and oxygen atoms in total. The number of aryl methyl sites for hydroxylation is 1. The van der Waals surface area contributed by atoms with Crippen molar-refractivity contribution in [2.24, 2.45) is 0 Å². The van der Waals surface area contributed by atoms with E-state index >= 15 is 0 Å². The highest BCUT2D eigenvalue weighted by molar-refractivity contribution is 5.36. The molecule has 0 heterocycles. The lowest BCUT2D eigenvalue weighted by molar-refractivity contribution is 0.101. The molecule has 0 saturated carbocycles. The van der Waals surface area contributed by atoms with E-state index < -0.39 is 0 Å². The predicted molar refractivity (Wildman–Crippen MR) is 84.7 cm³/mol. The highest BCUT2D eigenvalue weighted by Gasteiger charge is 2.04. The fourth-order valence-electron chi connectivity index (χ4n) is 2.13. The van der Waals surface area contributed by atoms with Crippen molar-refractivity contribution in [3.8, 4) is 5.75 Å². The van der Waals surface area contributed by atoms with Crippen LogP contribution >= 0.6 is 0 Å². The predicted octanol–water partition coefficient (Wildman–Crippen LogP) is 3.51. The first-order valence-corrected chi connectivity index (χ1v) is 7.55. The molecule has 0 aliphatic rings. The molecule has 0 aliphatic carbocycles. The van der Waals surface area contributed by atoms with Gasteiger partial charge in [0.15, 0.2) is 0 Å². The molecule has 0 unspecified atom stereocenters. The lowest BCUT2D eigenvalue weighted by atomic mass is 9.98. The van der Waals surface area contributed by atoms with E-state index in [2.05, 4.69) is 52.1 Å². The summed E-state index contributed by atoms with van der Waals surface area (Å²) in [6, 6.07) is 6.82. The zero-order valence-electron chi connectivity index (χ0n) is 13.5. The lowest BCUT2D eigenvalue weighted by Gasteiger charge is -2.13. The van der Waals surface area contributed by atoms with E-state index in [1.54, 1.807) is 0 Å². The maximum absolute atomic E-state index is 5.70. The highest BCUT2D eigenvalue weighted by atomic mass is 16.5. The largest absolute Gasteiger partial charge is 0.491 e. The van der Waals surface area contributed by atoms with Gasteiger partial charge in [0.05, 0.1) is 13.2 Å². The van der Waals surface area contributed by atoms with Crippen molar-refractivity contribution >= 4 is 0 Å². The van der Waals surface area contributed by atoms with Gasteiger partial charge in [-0.1, -0.05) is 33.8 Å². The molecule has 1 rings (SSSR count). The summed E-state index contributed by atoms with van der Waals surface area (Å²) in [5, 5.41) is 3.31. The van der Waals surface area contributed by atoms with Gasteiger partial charge < -0.3 is 14.8 Å². The Balaban J connectivity index is 2.21. The third-order valence-corrected chi connectivity index (χ3v) is 3.16. The summed E-state index contributed by atoms with van der Waals surface area (Å²) in [5.41, 5.74) is 2.67. The maximum atomic E-state index is 5.70. The van der Waals surface area contributed by atoms with E-state index in [1.165, 1.54) is 11.1 Å². The van der Waals surface area contributed by atoms with Gasteiger partial charge in [0.2, 0.25) is 0 Å². The Labute approximate surface area is 123 Å². The van der Waals surface area contributed by atoms with Gasteiger partial charge in [-0.25, -0.2) is 0 Å². The minimum absolute atomic E-state index is 0.511. The molecule has 0 saturated heterocycles.